The van der Waals surface area contributed by atoms with Crippen LogP contribution < -0.4 is 10.6 Å². The average molecular weight is 479 g/mol. The third-order valence-corrected chi connectivity index (χ3v) is 7.14. The first-order valence-corrected chi connectivity index (χ1v) is 12.1. The highest BCUT2D eigenvalue weighted by atomic mass is 16.5. The van der Waals surface area contributed by atoms with Gasteiger partial charge in [0, 0.05) is 5.92 Å². The van der Waals surface area contributed by atoms with E-state index >= 15 is 0 Å². The number of carbonyl (C=O) groups excluding carboxylic acids is 2. The highest BCUT2D eigenvalue weighted by molar-refractivity contribution is 5.87. The number of hydrogen-bond donors (Lipinski definition) is 3. The number of carboxylic acids is 1. The summed E-state index contributed by atoms with van der Waals surface area (Å²) in [6.45, 7) is 7.48. The van der Waals surface area contributed by atoms with Gasteiger partial charge in [-0.15, -0.1) is 0 Å². The first kappa shape index (κ1) is 24.8. The normalized spacial score (nSPS) is 17.5. The molecule has 2 aliphatic rings. The minimum absolute atomic E-state index is 0.0798. The van der Waals surface area contributed by atoms with Crippen molar-refractivity contribution < 1.29 is 24.2 Å². The summed E-state index contributed by atoms with van der Waals surface area (Å²) >= 11 is 0. The summed E-state index contributed by atoms with van der Waals surface area (Å²) in [7, 11) is 0. The highest BCUT2D eigenvalue weighted by Crippen LogP contribution is 2.44. The van der Waals surface area contributed by atoms with Crippen molar-refractivity contribution in [1.82, 2.24) is 10.6 Å². The van der Waals surface area contributed by atoms with Crippen LogP contribution in [0.1, 0.15) is 64.0 Å². The maximum absolute atomic E-state index is 13.3. The van der Waals surface area contributed by atoms with Crippen molar-refractivity contribution in [3.05, 3.63) is 59.7 Å². The van der Waals surface area contributed by atoms with Gasteiger partial charge in [-0.25, -0.2) is 4.79 Å². The zero-order chi connectivity index (χ0) is 25.4. The fourth-order valence-electron chi connectivity index (χ4n) is 5.11. The van der Waals surface area contributed by atoms with E-state index in [1.165, 1.54) is 0 Å². The van der Waals surface area contributed by atoms with Crippen LogP contribution in [0, 0.1) is 11.3 Å². The molecule has 2 aromatic rings. The number of hydrogen-bond acceptors (Lipinski definition) is 4. The summed E-state index contributed by atoms with van der Waals surface area (Å²) in [6, 6.07) is 15.3. The maximum atomic E-state index is 13.3. The van der Waals surface area contributed by atoms with Gasteiger partial charge < -0.3 is 20.5 Å². The van der Waals surface area contributed by atoms with Gasteiger partial charge in [0.1, 0.15) is 12.6 Å². The molecule has 2 amide bonds. The van der Waals surface area contributed by atoms with E-state index in [-0.39, 0.29) is 24.9 Å². The zero-order valence-corrected chi connectivity index (χ0v) is 20.8. The lowest BCUT2D eigenvalue weighted by Gasteiger charge is -2.35. The Morgan fingerprint density at radius 3 is 2.00 bits per heavy atom. The van der Waals surface area contributed by atoms with Crippen molar-refractivity contribution >= 4 is 18.0 Å². The van der Waals surface area contributed by atoms with Crippen molar-refractivity contribution in [2.24, 2.45) is 11.3 Å². The van der Waals surface area contributed by atoms with Crippen molar-refractivity contribution in [3.8, 4) is 11.1 Å². The number of benzene rings is 2. The number of nitrogens with one attached hydrogen (secondary N) is 2. The van der Waals surface area contributed by atoms with Gasteiger partial charge in [0.05, 0.1) is 12.0 Å². The van der Waals surface area contributed by atoms with Crippen LogP contribution in [-0.4, -0.2) is 41.3 Å². The quantitative estimate of drug-likeness (QED) is 0.510. The molecular weight excluding hydrogens is 444 g/mol. The monoisotopic (exact) mass is 478 g/mol. The van der Waals surface area contributed by atoms with Crippen molar-refractivity contribution in [3.63, 3.8) is 0 Å². The predicted octanol–water partition coefficient (Wildman–Crippen LogP) is 4.70. The van der Waals surface area contributed by atoms with Crippen LogP contribution >= 0.6 is 0 Å². The number of carbonyl (C=O) groups is 3. The van der Waals surface area contributed by atoms with E-state index in [2.05, 4.69) is 22.8 Å². The van der Waals surface area contributed by atoms with Gasteiger partial charge in [0.25, 0.3) is 0 Å². The number of alkyl carbamates (subject to hydrolysis) is 1. The second-order valence-corrected chi connectivity index (χ2v) is 11.0. The number of amides is 2. The summed E-state index contributed by atoms with van der Waals surface area (Å²) in [5, 5.41) is 15.0. The van der Waals surface area contributed by atoms with Crippen molar-refractivity contribution in [2.45, 2.75) is 64.5 Å². The molecule has 0 spiro atoms. The summed E-state index contributed by atoms with van der Waals surface area (Å²) in [5.41, 5.74) is 3.04. The molecule has 0 aromatic heterocycles. The summed E-state index contributed by atoms with van der Waals surface area (Å²) < 4.78 is 5.65. The van der Waals surface area contributed by atoms with Gasteiger partial charge in [-0.1, -0.05) is 69.3 Å². The van der Waals surface area contributed by atoms with E-state index in [1.54, 1.807) is 6.92 Å². The smallest absolute Gasteiger partial charge is 0.407 e. The third-order valence-electron chi connectivity index (χ3n) is 7.14. The molecule has 7 heteroatoms. The van der Waals surface area contributed by atoms with Crippen LogP contribution in [0.2, 0.25) is 0 Å². The van der Waals surface area contributed by atoms with Crippen LogP contribution in [-0.2, 0) is 14.3 Å². The molecule has 2 aromatic carbocycles. The average Bonchev–Trinajstić information content (AvgIpc) is 3.59. The van der Waals surface area contributed by atoms with Crippen LogP contribution in [0.4, 0.5) is 4.79 Å². The number of aliphatic carboxylic acids is 1. The maximum Gasteiger partial charge on any atom is 0.407 e. The number of rotatable bonds is 8. The lowest BCUT2D eigenvalue weighted by molar-refractivity contribution is -0.139. The Morgan fingerprint density at radius 2 is 1.51 bits per heavy atom. The Balaban J connectivity index is 1.44. The van der Waals surface area contributed by atoms with Gasteiger partial charge in [-0.3, -0.25) is 9.59 Å². The van der Waals surface area contributed by atoms with Crippen LogP contribution in [0.5, 0.6) is 0 Å². The molecule has 4 rings (SSSR count). The van der Waals surface area contributed by atoms with E-state index in [0.717, 1.165) is 35.1 Å². The second kappa shape index (κ2) is 9.36. The number of ether oxygens (including phenoxy) is 1. The van der Waals surface area contributed by atoms with Gasteiger partial charge in [0.15, 0.2) is 0 Å². The van der Waals surface area contributed by atoms with Crippen molar-refractivity contribution in [1.29, 1.82) is 0 Å². The third kappa shape index (κ3) is 5.34. The SMILES string of the molecule is CC(C)(C)C(NC(=O)OCC1c2ccccc2-c2ccccc21)C(=O)NC(C)(CC(=O)O)C1CC1. The molecule has 0 heterocycles. The molecule has 1 fully saturated rings. The molecule has 2 atom stereocenters. The lowest BCUT2D eigenvalue weighted by Crippen LogP contribution is -2.59. The van der Waals surface area contributed by atoms with E-state index in [9.17, 15) is 19.5 Å². The molecule has 0 bridgehead atoms. The molecular formula is C28H34N2O5. The Morgan fingerprint density at radius 1 is 0.971 bits per heavy atom. The zero-order valence-electron chi connectivity index (χ0n) is 20.8. The van der Waals surface area contributed by atoms with Gasteiger partial charge in [-0.05, 0) is 53.4 Å². The summed E-state index contributed by atoms with van der Waals surface area (Å²) in [6.07, 6.45) is 0.924. The Bertz CT molecular complexity index is 1090. The van der Waals surface area contributed by atoms with Crippen LogP contribution in [0.3, 0.4) is 0 Å². The van der Waals surface area contributed by atoms with E-state index < -0.39 is 35.0 Å². The predicted molar refractivity (Wildman–Crippen MR) is 133 cm³/mol. The molecule has 3 N–H and O–H groups in total. The van der Waals surface area contributed by atoms with Crippen LogP contribution in [0.15, 0.2) is 48.5 Å². The van der Waals surface area contributed by atoms with Crippen LogP contribution in [0.25, 0.3) is 11.1 Å². The first-order valence-electron chi connectivity index (χ1n) is 12.1. The topological polar surface area (TPSA) is 105 Å². The van der Waals surface area contributed by atoms with Gasteiger partial charge in [-0.2, -0.15) is 0 Å². The Kier molecular flexibility index (Phi) is 6.62. The molecule has 1 saturated carbocycles. The van der Waals surface area contributed by atoms with Crippen molar-refractivity contribution in [2.75, 3.05) is 6.61 Å². The Hall–Kier alpha value is -3.35. The number of carboxylic acid groups (broad SMARTS) is 1. The molecule has 0 aliphatic heterocycles. The first-order chi connectivity index (χ1) is 16.5. The number of fused-ring (bicyclic) bond motifs is 3. The molecule has 0 saturated heterocycles. The van der Waals surface area contributed by atoms with E-state index in [4.69, 9.17) is 4.74 Å². The molecule has 2 unspecified atom stereocenters. The standard InChI is InChI=1S/C28H34N2O5/c1-27(2,3)24(25(33)30-28(4,15-23(31)32)17-13-14-17)29-26(34)35-16-22-20-11-7-5-9-18(20)19-10-6-8-12-21(19)22/h5-12,17,22,24H,13-16H2,1-4H3,(H,29,34)(H,30,33)(H,31,32). The molecule has 35 heavy (non-hydrogen) atoms. The van der Waals surface area contributed by atoms with E-state index in [1.807, 2.05) is 57.2 Å². The van der Waals surface area contributed by atoms with Gasteiger partial charge >= 0.3 is 12.1 Å². The summed E-state index contributed by atoms with van der Waals surface area (Å²) in [5.74, 6) is -1.32. The Labute approximate surface area is 206 Å². The summed E-state index contributed by atoms with van der Waals surface area (Å²) in [4.78, 5) is 37.6. The lowest BCUT2D eigenvalue weighted by atomic mass is 9.84. The molecule has 0 radical (unpaired) electrons. The minimum atomic E-state index is -0.962. The molecule has 186 valence electrons. The highest BCUT2D eigenvalue weighted by Gasteiger charge is 2.46. The second-order valence-electron chi connectivity index (χ2n) is 11.0. The fraction of sp³-hybridized carbons (Fsp3) is 0.464. The van der Waals surface area contributed by atoms with Gasteiger partial charge in [0.2, 0.25) is 5.91 Å². The minimum Gasteiger partial charge on any atom is -0.481 e. The molecule has 7 nitrogen and oxygen atoms in total. The fourth-order valence-corrected chi connectivity index (χ4v) is 5.11. The molecule has 2 aliphatic carbocycles. The largest absolute Gasteiger partial charge is 0.481 e. The van der Waals surface area contributed by atoms with E-state index in [0.29, 0.717) is 0 Å².